The van der Waals surface area contributed by atoms with Crippen LogP contribution in [0.1, 0.15) is 16.2 Å². The topological polar surface area (TPSA) is 80.0 Å². The van der Waals surface area contributed by atoms with Crippen LogP contribution in [0, 0.1) is 0 Å². The number of halogens is 1. The van der Waals surface area contributed by atoms with Crippen LogP contribution in [0.4, 0.5) is 5.69 Å². The highest BCUT2D eigenvalue weighted by Gasteiger charge is 2.08. The van der Waals surface area contributed by atoms with Crippen LogP contribution >= 0.6 is 11.6 Å². The monoisotopic (exact) mass is 266 g/mol. The number of nitrogens with zero attached hydrogens (tertiary/aromatic N) is 3. The fraction of sp³-hybridized carbons (Fsp3) is 0.182. The zero-order valence-electron chi connectivity index (χ0n) is 9.59. The van der Waals surface area contributed by atoms with Gasteiger partial charge in [-0.15, -0.1) is 0 Å². The number of hydrogen-bond donors (Lipinski definition) is 2. The Morgan fingerprint density at radius 3 is 2.89 bits per heavy atom. The van der Waals surface area contributed by atoms with Gasteiger partial charge in [0, 0.05) is 12.7 Å². The smallest absolute Gasteiger partial charge is 0.337 e. The van der Waals surface area contributed by atoms with Gasteiger partial charge in [-0.1, -0.05) is 11.6 Å². The number of nitrogens with one attached hydrogen (secondary N) is 1. The van der Waals surface area contributed by atoms with Crippen molar-refractivity contribution < 1.29 is 9.90 Å². The number of carboxylic acids is 1. The number of benzene rings is 1. The van der Waals surface area contributed by atoms with E-state index in [1.165, 1.54) is 6.07 Å². The Hall–Kier alpha value is -2.08. The van der Waals surface area contributed by atoms with Gasteiger partial charge < -0.3 is 10.4 Å². The second-order valence-corrected chi connectivity index (χ2v) is 4.09. The molecule has 0 amide bonds. The molecule has 2 aromatic rings. The molecule has 18 heavy (non-hydrogen) atoms. The van der Waals surface area contributed by atoms with Gasteiger partial charge in [0.2, 0.25) is 0 Å². The third-order valence-electron chi connectivity index (χ3n) is 2.30. The molecule has 6 nitrogen and oxygen atoms in total. The molecule has 2 N–H and O–H groups in total. The van der Waals surface area contributed by atoms with E-state index in [0.29, 0.717) is 12.4 Å². The molecule has 0 aliphatic rings. The van der Waals surface area contributed by atoms with E-state index in [0.717, 1.165) is 5.69 Å². The van der Waals surface area contributed by atoms with Crippen molar-refractivity contribution in [1.82, 2.24) is 14.8 Å². The Morgan fingerprint density at radius 1 is 1.56 bits per heavy atom. The summed E-state index contributed by atoms with van der Waals surface area (Å²) >= 11 is 5.85. The minimum Gasteiger partial charge on any atom is -0.478 e. The second-order valence-electron chi connectivity index (χ2n) is 3.69. The molecule has 2 rings (SSSR count). The van der Waals surface area contributed by atoms with Crippen molar-refractivity contribution in [3.8, 4) is 0 Å². The van der Waals surface area contributed by atoms with Crippen LogP contribution in [0.5, 0.6) is 0 Å². The first-order chi connectivity index (χ1) is 8.56. The third kappa shape index (κ3) is 2.78. The average molecular weight is 267 g/mol. The summed E-state index contributed by atoms with van der Waals surface area (Å²) in [6, 6.07) is 4.67. The van der Waals surface area contributed by atoms with Crippen LogP contribution < -0.4 is 5.32 Å². The van der Waals surface area contributed by atoms with Gasteiger partial charge in [0.05, 0.1) is 17.1 Å². The summed E-state index contributed by atoms with van der Waals surface area (Å²) < 4.78 is 1.61. The summed E-state index contributed by atoms with van der Waals surface area (Å²) in [5, 5.41) is 16.2. The standard InChI is InChI=1S/C11H11ClN4O2/c1-16-6-14-10(15-16)5-13-7-2-3-8(11(17)18)9(12)4-7/h2-4,6,13H,5H2,1H3,(H,17,18). The third-order valence-corrected chi connectivity index (χ3v) is 2.61. The molecule has 1 heterocycles. The summed E-state index contributed by atoms with van der Waals surface area (Å²) in [6.45, 7) is 0.448. The zero-order chi connectivity index (χ0) is 13.1. The molecule has 0 bridgehead atoms. The molecule has 1 aromatic carbocycles. The SMILES string of the molecule is Cn1cnc(CNc2ccc(C(=O)O)c(Cl)c2)n1. The highest BCUT2D eigenvalue weighted by atomic mass is 35.5. The molecule has 0 aliphatic heterocycles. The quantitative estimate of drug-likeness (QED) is 0.882. The van der Waals surface area contributed by atoms with Gasteiger partial charge in [-0.05, 0) is 18.2 Å². The predicted molar refractivity (Wildman–Crippen MR) is 66.7 cm³/mol. The van der Waals surface area contributed by atoms with E-state index in [2.05, 4.69) is 15.4 Å². The average Bonchev–Trinajstić information content (AvgIpc) is 2.72. The maximum absolute atomic E-state index is 10.8. The molecule has 94 valence electrons. The summed E-state index contributed by atoms with van der Waals surface area (Å²) in [4.78, 5) is 14.8. The van der Waals surface area contributed by atoms with Crippen molar-refractivity contribution in [2.45, 2.75) is 6.54 Å². The number of aromatic nitrogens is 3. The second kappa shape index (κ2) is 5.05. The molecule has 0 fully saturated rings. The van der Waals surface area contributed by atoms with Crippen molar-refractivity contribution in [2.75, 3.05) is 5.32 Å². The van der Waals surface area contributed by atoms with Gasteiger partial charge >= 0.3 is 5.97 Å². The minimum absolute atomic E-state index is 0.0816. The van der Waals surface area contributed by atoms with E-state index in [-0.39, 0.29) is 10.6 Å². The lowest BCUT2D eigenvalue weighted by Crippen LogP contribution is -2.03. The first kappa shape index (κ1) is 12.4. The first-order valence-electron chi connectivity index (χ1n) is 5.17. The van der Waals surface area contributed by atoms with Crippen LogP contribution in [0.15, 0.2) is 24.5 Å². The maximum Gasteiger partial charge on any atom is 0.337 e. The van der Waals surface area contributed by atoms with Gasteiger partial charge in [-0.25, -0.2) is 9.78 Å². The molecule has 0 radical (unpaired) electrons. The van der Waals surface area contributed by atoms with Crippen LogP contribution in [-0.2, 0) is 13.6 Å². The van der Waals surface area contributed by atoms with Crippen LogP contribution in [0.2, 0.25) is 5.02 Å². The lowest BCUT2D eigenvalue weighted by molar-refractivity contribution is 0.0697. The Morgan fingerprint density at radius 2 is 2.33 bits per heavy atom. The van der Waals surface area contributed by atoms with Crippen LogP contribution in [0.25, 0.3) is 0 Å². The predicted octanol–water partition coefficient (Wildman–Crippen LogP) is 1.78. The number of rotatable bonds is 4. The van der Waals surface area contributed by atoms with Gasteiger partial charge in [0.25, 0.3) is 0 Å². The number of carboxylic acid groups (broad SMARTS) is 1. The Labute approximate surface area is 108 Å². The van der Waals surface area contributed by atoms with E-state index in [1.54, 1.807) is 30.2 Å². The summed E-state index contributed by atoms with van der Waals surface area (Å²) in [7, 11) is 1.79. The fourth-order valence-electron chi connectivity index (χ4n) is 1.44. The molecule has 0 saturated carbocycles. The van der Waals surface area contributed by atoms with E-state index in [1.807, 2.05) is 0 Å². The van der Waals surface area contributed by atoms with E-state index in [9.17, 15) is 4.79 Å². The zero-order valence-corrected chi connectivity index (χ0v) is 10.3. The van der Waals surface area contributed by atoms with E-state index < -0.39 is 5.97 Å². The Kier molecular flexibility index (Phi) is 3.47. The highest BCUT2D eigenvalue weighted by molar-refractivity contribution is 6.33. The van der Waals surface area contributed by atoms with Crippen molar-refractivity contribution in [2.24, 2.45) is 7.05 Å². The van der Waals surface area contributed by atoms with E-state index in [4.69, 9.17) is 16.7 Å². The molecular formula is C11H11ClN4O2. The Balaban J connectivity index is 2.06. The number of hydrogen-bond acceptors (Lipinski definition) is 4. The van der Waals surface area contributed by atoms with Gasteiger partial charge in [-0.3, -0.25) is 4.68 Å². The molecule has 0 aliphatic carbocycles. The minimum atomic E-state index is -1.04. The molecule has 0 spiro atoms. The maximum atomic E-state index is 10.8. The largest absolute Gasteiger partial charge is 0.478 e. The summed E-state index contributed by atoms with van der Waals surface area (Å²) in [5.74, 6) is -0.395. The van der Waals surface area contributed by atoms with Gasteiger partial charge in [-0.2, -0.15) is 5.10 Å². The molecule has 0 unspecified atom stereocenters. The Bertz CT molecular complexity index is 582. The lowest BCUT2D eigenvalue weighted by Gasteiger charge is -2.05. The molecular weight excluding hydrogens is 256 g/mol. The van der Waals surface area contributed by atoms with Crippen molar-refractivity contribution in [1.29, 1.82) is 0 Å². The van der Waals surface area contributed by atoms with Gasteiger partial charge in [0.15, 0.2) is 5.82 Å². The number of anilines is 1. The highest BCUT2D eigenvalue weighted by Crippen LogP contribution is 2.21. The number of carbonyl (C=O) groups is 1. The molecule has 0 atom stereocenters. The summed E-state index contributed by atoms with van der Waals surface area (Å²) in [5.41, 5.74) is 0.802. The molecule has 7 heteroatoms. The fourth-order valence-corrected chi connectivity index (χ4v) is 1.71. The lowest BCUT2D eigenvalue weighted by atomic mass is 10.2. The number of aryl methyl sites for hydroxylation is 1. The first-order valence-corrected chi connectivity index (χ1v) is 5.55. The molecule has 1 aromatic heterocycles. The number of aromatic carboxylic acids is 1. The van der Waals surface area contributed by atoms with Crippen molar-refractivity contribution in [3.05, 3.63) is 40.9 Å². The van der Waals surface area contributed by atoms with Crippen molar-refractivity contribution in [3.63, 3.8) is 0 Å². The molecule has 0 saturated heterocycles. The van der Waals surface area contributed by atoms with Gasteiger partial charge in [0.1, 0.15) is 6.33 Å². The van der Waals surface area contributed by atoms with Crippen LogP contribution in [-0.4, -0.2) is 25.8 Å². The van der Waals surface area contributed by atoms with Crippen LogP contribution in [0.3, 0.4) is 0 Å². The summed E-state index contributed by atoms with van der Waals surface area (Å²) in [6.07, 6.45) is 1.61. The normalized spacial score (nSPS) is 10.3. The van der Waals surface area contributed by atoms with Crippen molar-refractivity contribution >= 4 is 23.3 Å². The van der Waals surface area contributed by atoms with E-state index >= 15 is 0 Å².